The van der Waals surface area contributed by atoms with E-state index in [4.69, 9.17) is 0 Å². The van der Waals surface area contributed by atoms with Crippen LogP contribution in [0.15, 0.2) is 29.2 Å². The van der Waals surface area contributed by atoms with Crippen molar-refractivity contribution in [2.75, 3.05) is 19.3 Å². The van der Waals surface area contributed by atoms with Crippen molar-refractivity contribution in [1.82, 2.24) is 4.90 Å². The van der Waals surface area contributed by atoms with Gasteiger partial charge in [0.25, 0.3) is 5.91 Å². The SMILES string of the molecule is CC1CN(C(=O)c2cccc(S(C)(=O)=O)c2)CCC1Br. The molecule has 0 aliphatic carbocycles. The number of likely N-dealkylation sites (tertiary alicyclic amines) is 1. The summed E-state index contributed by atoms with van der Waals surface area (Å²) in [7, 11) is -3.29. The molecule has 1 aromatic rings. The summed E-state index contributed by atoms with van der Waals surface area (Å²) >= 11 is 3.61. The summed E-state index contributed by atoms with van der Waals surface area (Å²) in [6.45, 7) is 3.49. The van der Waals surface area contributed by atoms with Crippen molar-refractivity contribution in [2.24, 2.45) is 5.92 Å². The molecule has 0 radical (unpaired) electrons. The second-order valence-electron chi connectivity index (χ2n) is 5.33. The van der Waals surface area contributed by atoms with Crippen LogP contribution in [0.2, 0.25) is 0 Å². The van der Waals surface area contributed by atoms with Gasteiger partial charge in [-0.05, 0) is 30.5 Å². The highest BCUT2D eigenvalue weighted by Crippen LogP contribution is 2.24. The van der Waals surface area contributed by atoms with Crippen LogP contribution in [0.25, 0.3) is 0 Å². The van der Waals surface area contributed by atoms with E-state index >= 15 is 0 Å². The fraction of sp³-hybridized carbons (Fsp3) is 0.500. The van der Waals surface area contributed by atoms with Gasteiger partial charge in [-0.3, -0.25) is 4.79 Å². The Bertz CT molecular complexity index is 615. The molecule has 4 nitrogen and oxygen atoms in total. The van der Waals surface area contributed by atoms with Gasteiger partial charge in [0.05, 0.1) is 4.90 Å². The van der Waals surface area contributed by atoms with Gasteiger partial charge < -0.3 is 4.90 Å². The molecule has 1 fully saturated rings. The van der Waals surface area contributed by atoms with E-state index in [0.717, 1.165) is 12.7 Å². The van der Waals surface area contributed by atoms with Crippen LogP contribution in [-0.4, -0.2) is 43.4 Å². The number of piperidine rings is 1. The second kappa shape index (κ2) is 5.85. The zero-order valence-electron chi connectivity index (χ0n) is 11.5. The first-order chi connectivity index (χ1) is 9.29. The third-order valence-electron chi connectivity index (χ3n) is 3.60. The van der Waals surface area contributed by atoms with Crippen molar-refractivity contribution in [2.45, 2.75) is 23.1 Å². The number of halogens is 1. The number of amides is 1. The predicted octanol–water partition coefficient (Wildman–Crippen LogP) is 2.34. The van der Waals surface area contributed by atoms with Gasteiger partial charge in [-0.2, -0.15) is 0 Å². The molecule has 1 amide bonds. The number of nitrogens with zero attached hydrogens (tertiary/aromatic N) is 1. The number of hydrogen-bond donors (Lipinski definition) is 0. The van der Waals surface area contributed by atoms with Crippen molar-refractivity contribution in [1.29, 1.82) is 0 Å². The Morgan fingerprint density at radius 1 is 1.40 bits per heavy atom. The van der Waals surface area contributed by atoms with E-state index < -0.39 is 9.84 Å². The van der Waals surface area contributed by atoms with E-state index in [1.165, 1.54) is 12.1 Å². The van der Waals surface area contributed by atoms with Crippen molar-refractivity contribution in [3.05, 3.63) is 29.8 Å². The van der Waals surface area contributed by atoms with Crippen LogP contribution in [0, 0.1) is 5.92 Å². The first-order valence-corrected chi connectivity index (χ1v) is 9.33. The highest BCUT2D eigenvalue weighted by atomic mass is 79.9. The van der Waals surface area contributed by atoms with E-state index in [1.54, 1.807) is 17.0 Å². The Morgan fingerprint density at radius 2 is 2.10 bits per heavy atom. The van der Waals surface area contributed by atoms with E-state index in [2.05, 4.69) is 22.9 Å². The minimum absolute atomic E-state index is 0.0956. The maximum absolute atomic E-state index is 12.4. The molecule has 2 rings (SSSR count). The number of rotatable bonds is 2. The molecule has 1 heterocycles. The molecule has 1 aliphatic rings. The third kappa shape index (κ3) is 3.41. The van der Waals surface area contributed by atoms with Gasteiger partial charge in [0, 0.05) is 29.7 Å². The number of carbonyl (C=O) groups excluding carboxylic acids is 1. The lowest BCUT2D eigenvalue weighted by Gasteiger charge is -2.34. The molecule has 6 heteroatoms. The van der Waals surface area contributed by atoms with E-state index in [9.17, 15) is 13.2 Å². The fourth-order valence-corrected chi connectivity index (χ4v) is 3.38. The molecule has 2 atom stereocenters. The molecular weight excluding hydrogens is 342 g/mol. The summed E-state index contributed by atoms with van der Waals surface area (Å²) < 4.78 is 23.1. The lowest BCUT2D eigenvalue weighted by atomic mass is 9.99. The van der Waals surface area contributed by atoms with E-state index in [1.807, 2.05) is 0 Å². The minimum Gasteiger partial charge on any atom is -0.338 e. The zero-order valence-corrected chi connectivity index (χ0v) is 13.9. The maximum Gasteiger partial charge on any atom is 0.253 e. The van der Waals surface area contributed by atoms with Gasteiger partial charge in [-0.15, -0.1) is 0 Å². The van der Waals surface area contributed by atoms with Crippen LogP contribution < -0.4 is 0 Å². The smallest absolute Gasteiger partial charge is 0.253 e. The highest BCUT2D eigenvalue weighted by molar-refractivity contribution is 9.09. The van der Waals surface area contributed by atoms with Crippen LogP contribution in [0.3, 0.4) is 0 Å². The Balaban J connectivity index is 2.22. The topological polar surface area (TPSA) is 54.5 Å². The van der Waals surface area contributed by atoms with Crippen LogP contribution in [-0.2, 0) is 9.84 Å². The van der Waals surface area contributed by atoms with Gasteiger partial charge in [-0.25, -0.2) is 8.42 Å². The molecular formula is C14H18BrNO3S. The average Bonchev–Trinajstić information content (AvgIpc) is 2.40. The lowest BCUT2D eigenvalue weighted by Crippen LogP contribution is -2.43. The summed E-state index contributed by atoms with van der Waals surface area (Å²) in [4.78, 5) is 14.9. The largest absolute Gasteiger partial charge is 0.338 e. The Hall–Kier alpha value is -0.880. The summed E-state index contributed by atoms with van der Waals surface area (Å²) in [6.07, 6.45) is 2.06. The quantitative estimate of drug-likeness (QED) is 0.761. The van der Waals surface area contributed by atoms with Crippen molar-refractivity contribution in [3.8, 4) is 0 Å². The number of alkyl halides is 1. The second-order valence-corrected chi connectivity index (χ2v) is 8.52. The van der Waals surface area contributed by atoms with Crippen LogP contribution in [0.1, 0.15) is 23.7 Å². The van der Waals surface area contributed by atoms with Crippen molar-refractivity contribution >= 4 is 31.7 Å². The Morgan fingerprint density at radius 3 is 2.70 bits per heavy atom. The molecule has 2 unspecified atom stereocenters. The molecule has 0 saturated carbocycles. The van der Waals surface area contributed by atoms with Crippen molar-refractivity contribution < 1.29 is 13.2 Å². The van der Waals surface area contributed by atoms with E-state index in [0.29, 0.717) is 29.4 Å². The molecule has 1 saturated heterocycles. The number of benzene rings is 1. The fourth-order valence-electron chi connectivity index (χ4n) is 2.34. The van der Waals surface area contributed by atoms with Gasteiger partial charge in [0.2, 0.25) is 0 Å². The molecule has 0 bridgehead atoms. The lowest BCUT2D eigenvalue weighted by molar-refractivity contribution is 0.0690. The standard InChI is InChI=1S/C14H18BrNO3S/c1-10-9-16(7-6-13(10)15)14(17)11-4-3-5-12(8-11)20(2,18)19/h3-5,8,10,13H,6-7,9H2,1-2H3. The molecule has 110 valence electrons. The molecule has 0 spiro atoms. The van der Waals surface area contributed by atoms with Crippen LogP contribution in [0.4, 0.5) is 0 Å². The molecule has 1 aromatic carbocycles. The third-order valence-corrected chi connectivity index (χ3v) is 6.07. The molecule has 20 heavy (non-hydrogen) atoms. The normalized spacial score (nSPS) is 23.6. The van der Waals surface area contributed by atoms with Crippen LogP contribution in [0.5, 0.6) is 0 Å². The van der Waals surface area contributed by atoms with Gasteiger partial charge in [0.1, 0.15) is 0 Å². The summed E-state index contributed by atoms with van der Waals surface area (Å²) in [6, 6.07) is 6.26. The average molecular weight is 360 g/mol. The van der Waals surface area contributed by atoms with Gasteiger partial charge in [-0.1, -0.05) is 28.9 Å². The summed E-state index contributed by atoms with van der Waals surface area (Å²) in [5.74, 6) is 0.299. The first-order valence-electron chi connectivity index (χ1n) is 6.52. The summed E-state index contributed by atoms with van der Waals surface area (Å²) in [5, 5.41) is 0. The van der Waals surface area contributed by atoms with Gasteiger partial charge >= 0.3 is 0 Å². The molecule has 1 aliphatic heterocycles. The monoisotopic (exact) mass is 359 g/mol. The summed E-state index contributed by atoms with van der Waals surface area (Å²) in [5.41, 5.74) is 0.438. The maximum atomic E-state index is 12.4. The van der Waals surface area contributed by atoms with Crippen molar-refractivity contribution in [3.63, 3.8) is 0 Å². The van der Waals surface area contributed by atoms with Gasteiger partial charge in [0.15, 0.2) is 9.84 Å². The molecule has 0 aromatic heterocycles. The predicted molar refractivity (Wildman–Crippen MR) is 82.0 cm³/mol. The number of sulfone groups is 1. The highest BCUT2D eigenvalue weighted by Gasteiger charge is 2.27. The Labute approximate surface area is 128 Å². The zero-order chi connectivity index (χ0) is 14.9. The number of hydrogen-bond acceptors (Lipinski definition) is 3. The first kappa shape index (κ1) is 15.5. The van der Waals surface area contributed by atoms with Crippen LogP contribution >= 0.6 is 15.9 Å². The Kier molecular flexibility index (Phi) is 4.54. The number of carbonyl (C=O) groups is 1. The molecule has 0 N–H and O–H groups in total. The van der Waals surface area contributed by atoms with E-state index in [-0.39, 0.29) is 10.8 Å². The minimum atomic E-state index is -3.29.